The summed E-state index contributed by atoms with van der Waals surface area (Å²) in [5, 5.41) is 84.5. The molecule has 16 heteroatoms. The maximum Gasteiger partial charge on any atom is 0.140 e. The molecular formula is C124H72N16. The van der Waals surface area contributed by atoms with Crippen LogP contribution in [0.25, 0.3) is 199 Å². The molecule has 648 valence electrons. The molecule has 0 N–H and O–H groups in total. The van der Waals surface area contributed by atoms with E-state index in [1.807, 2.05) is 243 Å². The Morgan fingerprint density at radius 1 is 0.171 bits per heavy atom. The second-order valence-corrected chi connectivity index (χ2v) is 33.2. The standard InChI is InChI=1S/4C31H18N4/c32-18-21-13-16-31-28(17-21)27-10-4-6-12-30(27)35(31)29-11-5-3-9-26(29)25-8-2-1-7-24(25)22-14-15-23(19-33)34-20-22;32-17-21-13-14-31-28(16-21)27-10-4-6-12-30(27)35(31)29-11-5-3-9-26(29)25-8-2-1-7-24(25)23-15-22(18-33)19-34-20-23;32-18-21-13-14-31-28(17-21)27-10-4-6-12-30(27)35(31)29-11-5-3-9-26(29)25-8-2-1-7-24(25)23-15-16-34-20-22(23)19-33;32-18-21-13-14-31-27(17-21)26-10-4-6-12-30(26)35(31)29-11-5-3-9-25(29)23-7-1-2-8-24(23)28-20-34-16-15-22(28)19-33/h1-17,20H;1-16,19-20H;2*1-17,20H. The van der Waals surface area contributed by atoms with Crippen molar-refractivity contribution in [1.82, 2.24) is 38.2 Å². The minimum atomic E-state index is 0.397. The van der Waals surface area contributed by atoms with E-state index in [4.69, 9.17) is 5.26 Å². The molecule has 16 aromatic carbocycles. The van der Waals surface area contributed by atoms with Crippen LogP contribution >= 0.6 is 0 Å². The molecule has 0 unspecified atom stereocenters. The van der Waals surface area contributed by atoms with Gasteiger partial charge >= 0.3 is 0 Å². The molecule has 24 aromatic rings. The van der Waals surface area contributed by atoms with Gasteiger partial charge in [-0.2, -0.15) is 42.1 Å². The summed E-state index contributed by atoms with van der Waals surface area (Å²) < 4.78 is 9.05. The largest absolute Gasteiger partial charge is 0.309 e. The van der Waals surface area contributed by atoms with Gasteiger partial charge in [-0.15, -0.1) is 0 Å². The van der Waals surface area contributed by atoms with Crippen LogP contribution in [0.3, 0.4) is 0 Å². The van der Waals surface area contributed by atoms with E-state index in [1.54, 1.807) is 55.5 Å². The van der Waals surface area contributed by atoms with Gasteiger partial charge in [0.05, 0.1) is 136 Å². The van der Waals surface area contributed by atoms with E-state index in [0.717, 1.165) is 199 Å². The van der Waals surface area contributed by atoms with Gasteiger partial charge in [0.15, 0.2) is 0 Å². The van der Waals surface area contributed by atoms with E-state index in [9.17, 15) is 36.8 Å². The Bertz CT molecular complexity index is 9210. The third-order valence-corrected chi connectivity index (χ3v) is 25.5. The smallest absolute Gasteiger partial charge is 0.140 e. The molecule has 0 bridgehead atoms. The third-order valence-electron chi connectivity index (χ3n) is 25.5. The number of nitrogens with zero attached hydrogens (tertiary/aromatic N) is 16. The van der Waals surface area contributed by atoms with Crippen LogP contribution in [0.4, 0.5) is 0 Å². The number of hydrogen-bond donors (Lipinski definition) is 0. The van der Waals surface area contributed by atoms with Gasteiger partial charge in [0.1, 0.15) is 23.9 Å². The van der Waals surface area contributed by atoms with Gasteiger partial charge in [-0.3, -0.25) is 15.0 Å². The second-order valence-electron chi connectivity index (χ2n) is 33.2. The molecule has 0 amide bonds. The molecule has 24 rings (SSSR count). The Hall–Kier alpha value is -20.8. The molecule has 0 aliphatic heterocycles. The maximum atomic E-state index is 9.72. The van der Waals surface area contributed by atoms with Crippen LogP contribution in [-0.2, 0) is 0 Å². The summed E-state index contributed by atoms with van der Waals surface area (Å²) in [5.74, 6) is 0. The number of nitriles is 8. The Kier molecular flexibility index (Phi) is 23.2. The molecule has 0 saturated carbocycles. The molecule has 0 spiro atoms. The first-order chi connectivity index (χ1) is 69.2. The average Bonchev–Trinajstić information content (AvgIpc) is 1.58. The first-order valence-corrected chi connectivity index (χ1v) is 45.1. The number of pyridine rings is 4. The van der Waals surface area contributed by atoms with Gasteiger partial charge in [-0.25, -0.2) is 4.98 Å². The number of fused-ring (bicyclic) bond motifs is 12. The number of aromatic nitrogens is 8. The Morgan fingerprint density at radius 3 is 0.821 bits per heavy atom. The molecule has 0 fully saturated rings. The lowest BCUT2D eigenvalue weighted by Crippen LogP contribution is -1.98. The topological polar surface area (TPSA) is 262 Å². The van der Waals surface area contributed by atoms with Gasteiger partial charge in [-0.1, -0.05) is 243 Å². The molecule has 0 aliphatic rings. The minimum absolute atomic E-state index is 0.397. The molecule has 0 saturated heterocycles. The van der Waals surface area contributed by atoms with Crippen molar-refractivity contribution < 1.29 is 0 Å². The lowest BCUT2D eigenvalue weighted by Gasteiger charge is -2.17. The fourth-order valence-electron chi connectivity index (χ4n) is 19.3. The zero-order valence-electron chi connectivity index (χ0n) is 74.7. The highest BCUT2D eigenvalue weighted by atomic mass is 15.0. The van der Waals surface area contributed by atoms with Crippen molar-refractivity contribution in [2.45, 2.75) is 0 Å². The van der Waals surface area contributed by atoms with E-state index in [1.165, 1.54) is 0 Å². The summed E-state index contributed by atoms with van der Waals surface area (Å²) in [7, 11) is 0. The highest BCUT2D eigenvalue weighted by molar-refractivity contribution is 6.15. The van der Waals surface area contributed by atoms with E-state index in [2.05, 4.69) is 226 Å². The first kappa shape index (κ1) is 86.0. The van der Waals surface area contributed by atoms with Gasteiger partial charge in [-0.05, 0) is 196 Å². The highest BCUT2D eigenvalue weighted by Gasteiger charge is 2.26. The summed E-state index contributed by atoms with van der Waals surface area (Å²) >= 11 is 0. The molecule has 16 nitrogen and oxygen atoms in total. The number of rotatable bonds is 12. The van der Waals surface area contributed by atoms with Crippen LogP contribution in [0.15, 0.2) is 438 Å². The van der Waals surface area contributed by atoms with Gasteiger partial charge in [0.25, 0.3) is 0 Å². The molecule has 8 heterocycles. The minimum Gasteiger partial charge on any atom is -0.309 e. The lowest BCUT2D eigenvalue weighted by atomic mass is 9.92. The van der Waals surface area contributed by atoms with Crippen molar-refractivity contribution >= 4 is 87.2 Å². The zero-order valence-corrected chi connectivity index (χ0v) is 74.7. The molecular weight excluding hydrogens is 1710 g/mol. The zero-order chi connectivity index (χ0) is 95.1. The van der Waals surface area contributed by atoms with Crippen LogP contribution in [0.1, 0.15) is 44.6 Å². The molecule has 0 aliphatic carbocycles. The number of hydrogen-bond acceptors (Lipinski definition) is 12. The van der Waals surface area contributed by atoms with Crippen LogP contribution in [0, 0.1) is 90.6 Å². The van der Waals surface area contributed by atoms with Gasteiger partial charge < -0.3 is 18.3 Å². The molecule has 0 radical (unpaired) electrons. The maximum absolute atomic E-state index is 9.72. The van der Waals surface area contributed by atoms with E-state index >= 15 is 0 Å². The molecule has 140 heavy (non-hydrogen) atoms. The first-order valence-electron chi connectivity index (χ1n) is 45.1. The molecule has 0 atom stereocenters. The summed E-state index contributed by atoms with van der Waals surface area (Å²) in [4.78, 5) is 17.0. The fourth-order valence-corrected chi connectivity index (χ4v) is 19.3. The highest BCUT2D eigenvalue weighted by Crippen LogP contribution is 2.47. The predicted molar refractivity (Wildman–Crippen MR) is 556 cm³/mol. The number of para-hydroxylation sites is 8. The fraction of sp³-hybridized carbons (Fsp3) is 0. The quantitative estimate of drug-likeness (QED) is 0.111. The van der Waals surface area contributed by atoms with Crippen molar-refractivity contribution in [3.8, 4) is 160 Å². The SMILES string of the molecule is N#Cc1ccc2c(c1)c1ccccc1n2-c1ccccc1-c1ccccc1-c1ccc(C#N)nc1.N#Cc1ccc2c(c1)c1ccccc1n2-c1ccccc1-c1ccccc1-c1ccncc1C#N.N#Cc1ccc2c(c1)c1ccccc1n2-c1ccccc1-c1ccccc1-c1cnccc1C#N.N#Cc1cncc(-c2ccccc2-c2ccccc2-n2c3ccccc3c3cc(C#N)ccc32)c1. The van der Waals surface area contributed by atoms with Crippen molar-refractivity contribution in [3.63, 3.8) is 0 Å². The van der Waals surface area contributed by atoms with Crippen molar-refractivity contribution in [2.75, 3.05) is 0 Å². The van der Waals surface area contributed by atoms with E-state index in [-0.39, 0.29) is 0 Å². The van der Waals surface area contributed by atoms with Crippen LogP contribution in [0.5, 0.6) is 0 Å². The van der Waals surface area contributed by atoms with Crippen molar-refractivity contribution in [1.29, 1.82) is 42.1 Å². The lowest BCUT2D eigenvalue weighted by molar-refractivity contribution is 1.18. The van der Waals surface area contributed by atoms with Gasteiger partial charge in [0.2, 0.25) is 0 Å². The summed E-state index contributed by atoms with van der Waals surface area (Å²) in [6.45, 7) is 0. The monoisotopic (exact) mass is 1780 g/mol. The van der Waals surface area contributed by atoms with Crippen LogP contribution < -0.4 is 0 Å². The molecule has 8 aromatic heterocycles. The number of benzene rings is 16. The average molecular weight is 1790 g/mol. The predicted octanol–water partition coefficient (Wildman–Crippen LogP) is 29.0. The van der Waals surface area contributed by atoms with Crippen LogP contribution in [0.2, 0.25) is 0 Å². The summed E-state index contributed by atoms with van der Waals surface area (Å²) in [6, 6.07) is 150. The third kappa shape index (κ3) is 15.7. The summed E-state index contributed by atoms with van der Waals surface area (Å²) in [6.07, 6.45) is 11.9. The van der Waals surface area contributed by atoms with Crippen molar-refractivity contribution in [2.24, 2.45) is 0 Å². The second kappa shape index (κ2) is 37.8. The Balaban J connectivity index is 0.000000111. The van der Waals surface area contributed by atoms with E-state index < -0.39 is 0 Å². The Labute approximate surface area is 804 Å². The summed E-state index contributed by atoms with van der Waals surface area (Å²) in [5.41, 5.74) is 33.2. The van der Waals surface area contributed by atoms with Crippen molar-refractivity contribution in [3.05, 3.63) is 482 Å². The van der Waals surface area contributed by atoms with Gasteiger partial charge in [0, 0.05) is 131 Å². The van der Waals surface area contributed by atoms with E-state index in [0.29, 0.717) is 44.6 Å². The van der Waals surface area contributed by atoms with Crippen LogP contribution in [-0.4, -0.2) is 38.2 Å². The Morgan fingerprint density at radius 2 is 0.471 bits per heavy atom. The normalized spacial score (nSPS) is 10.8.